The Morgan fingerprint density at radius 3 is 1.80 bits per heavy atom. The van der Waals surface area contributed by atoms with Crippen LogP contribution in [0.2, 0.25) is 17.3 Å². The molecule has 0 saturated heterocycles. The van der Waals surface area contributed by atoms with Gasteiger partial charge in [0.1, 0.15) is 5.58 Å². The number of hydrogen-bond acceptors (Lipinski definition) is 1. The monoisotopic (exact) mass is 945 g/mol. The van der Waals surface area contributed by atoms with Crippen LogP contribution in [0.5, 0.6) is 0 Å². The van der Waals surface area contributed by atoms with Crippen LogP contribution in [0.4, 0.5) is 0 Å². The van der Waals surface area contributed by atoms with Crippen LogP contribution >= 0.6 is 0 Å². The van der Waals surface area contributed by atoms with Gasteiger partial charge in [0.05, 0.1) is 17.5 Å². The molecule has 1 radical (unpaired) electrons. The minimum Gasteiger partial charge on any atom is 0 e. The molecule has 8 aromatic rings. The van der Waals surface area contributed by atoms with Crippen LogP contribution in [0.1, 0.15) is 22.3 Å². The second-order valence-electron chi connectivity index (χ2n) is 14.9. The number of benzene rings is 5. The number of hydrogen-bond donors (Lipinski definition) is 0. The fraction of sp³-hybridized carbons (Fsp3) is 0.102. The van der Waals surface area contributed by atoms with E-state index in [1.807, 2.05) is 33.4 Å². The number of pyridine rings is 2. The van der Waals surface area contributed by atoms with Gasteiger partial charge in [-0.3, -0.25) is 0 Å². The van der Waals surface area contributed by atoms with Crippen LogP contribution in [-0.4, -0.2) is 13.3 Å². The molecule has 0 fully saturated rings. The van der Waals surface area contributed by atoms with Crippen molar-refractivity contribution in [1.82, 2.24) is 0 Å². The van der Waals surface area contributed by atoms with Crippen LogP contribution in [0.25, 0.3) is 66.7 Å². The number of nitrogens with zero attached hydrogens (tertiary/aromatic N) is 2. The van der Waals surface area contributed by atoms with E-state index in [-0.39, 0.29) is 20.1 Å². The maximum Gasteiger partial charge on any atom is 0 e. The summed E-state index contributed by atoms with van der Waals surface area (Å²) < 4.78 is 12.0. The molecule has 3 nitrogen and oxygen atoms in total. The predicted octanol–water partition coefficient (Wildman–Crippen LogP) is 11.3. The molecule has 0 spiro atoms. The third kappa shape index (κ3) is 7.61. The first-order valence-electron chi connectivity index (χ1n) is 18.0. The Hall–Kier alpha value is -5.13. The molecule has 0 atom stereocenters. The van der Waals surface area contributed by atoms with E-state index in [4.69, 9.17) is 4.42 Å². The third-order valence-corrected chi connectivity index (χ3v) is 14.5. The Morgan fingerprint density at radius 1 is 0.537 bits per heavy atom. The van der Waals surface area contributed by atoms with E-state index >= 15 is 0 Å². The first kappa shape index (κ1) is 38.6. The summed E-state index contributed by atoms with van der Waals surface area (Å²) in [6.07, 6.45) is 4.31. The van der Waals surface area contributed by atoms with E-state index in [2.05, 4.69) is 175 Å². The topological polar surface area (TPSA) is 20.9 Å². The van der Waals surface area contributed by atoms with E-state index in [9.17, 15) is 0 Å². The maximum absolute atomic E-state index is 6.51. The first-order chi connectivity index (χ1) is 25.4. The molecule has 5 heteroatoms. The fourth-order valence-corrected chi connectivity index (χ4v) is 11.1. The number of rotatable bonds is 5. The Kier molecular flexibility index (Phi) is 11.2. The zero-order valence-corrected chi connectivity index (χ0v) is 36.2. The molecule has 0 aliphatic heterocycles. The van der Waals surface area contributed by atoms with Crippen LogP contribution in [0, 0.1) is 41.8 Å². The van der Waals surface area contributed by atoms with Gasteiger partial charge in [0.15, 0.2) is 0 Å². The van der Waals surface area contributed by atoms with Gasteiger partial charge in [-0.25, -0.2) is 0 Å². The maximum atomic E-state index is 6.51. The SMILES string of the molecule is [CH2-]c1ccc2c(oc3cc(-c4ccccc4)ccc32)c1-c1cc(C)c(-c2ccccc2)c[n+]1[CH2-].[CH2-]c1ccccc1-c1cc(C)[c]([Ge]([CH3])([CH3])[CH3])c[n+]1[CH2-].[Ir]. The summed E-state index contributed by atoms with van der Waals surface area (Å²) in [6, 6.07) is 44.0. The minimum absolute atomic E-state index is 0. The van der Waals surface area contributed by atoms with Crippen LogP contribution < -0.4 is 13.5 Å². The average Bonchev–Trinajstić information content (AvgIpc) is 3.52. The van der Waals surface area contributed by atoms with E-state index in [1.165, 1.54) is 26.6 Å². The van der Waals surface area contributed by atoms with Gasteiger partial charge >= 0.3 is 119 Å². The van der Waals surface area contributed by atoms with Crippen molar-refractivity contribution in [1.29, 1.82) is 0 Å². The molecule has 0 aliphatic rings. The molecule has 3 aromatic heterocycles. The number of furan rings is 1. The molecule has 8 rings (SSSR count). The van der Waals surface area contributed by atoms with Crippen molar-refractivity contribution in [3.63, 3.8) is 0 Å². The summed E-state index contributed by atoms with van der Waals surface area (Å²) in [4.78, 5) is 0. The normalized spacial score (nSPS) is 11.2. The van der Waals surface area contributed by atoms with Gasteiger partial charge in [-0.15, -0.1) is 6.07 Å². The molecule has 54 heavy (non-hydrogen) atoms. The summed E-state index contributed by atoms with van der Waals surface area (Å²) in [5, 5.41) is 2.19. The van der Waals surface area contributed by atoms with Crippen molar-refractivity contribution in [3.05, 3.63) is 190 Å². The minimum atomic E-state index is -1.83. The zero-order chi connectivity index (χ0) is 37.4. The van der Waals surface area contributed by atoms with Gasteiger partial charge in [-0.1, -0.05) is 83.9 Å². The third-order valence-electron chi connectivity index (χ3n) is 10.0. The summed E-state index contributed by atoms with van der Waals surface area (Å²) >= 11 is -1.83. The molecule has 0 bridgehead atoms. The quantitative estimate of drug-likeness (QED) is 0.0957. The van der Waals surface area contributed by atoms with Gasteiger partial charge in [0, 0.05) is 37.9 Å². The second kappa shape index (κ2) is 15.7. The molecule has 0 amide bonds. The molecular weight excluding hydrogens is 897 g/mol. The molecule has 5 aromatic carbocycles. The van der Waals surface area contributed by atoms with E-state index in [0.717, 1.165) is 66.7 Å². The summed E-state index contributed by atoms with van der Waals surface area (Å²) in [5.41, 5.74) is 15.1. The van der Waals surface area contributed by atoms with Gasteiger partial charge in [0.25, 0.3) is 0 Å². The standard InChI is InChI=1S/C32H24NO.C17H22GeN.Ir/c1-21-14-16-27-26-17-15-25(23-10-6-4-7-11-23)19-30(26)34-32(27)31(21)29-18-22(2)28(20-33(29)3)24-12-8-5-9-13-24;1-13-9-7-8-10-15(13)17-11-14(2)16(12-19(17)6)18(3,4)5;/h4-20H,1,3H2,2H3;7-12H,1,6H2,2-5H3;/q2*-1;. The van der Waals surface area contributed by atoms with E-state index < -0.39 is 13.3 Å². The number of aromatic nitrogens is 2. The number of fused-ring (bicyclic) bond motifs is 3. The molecule has 0 unspecified atom stereocenters. The predicted molar refractivity (Wildman–Crippen MR) is 225 cm³/mol. The molecule has 273 valence electrons. The number of aryl methyl sites for hydroxylation is 2. The largest absolute Gasteiger partial charge is 0 e. The average molecular weight is 944 g/mol. The fourth-order valence-electron chi connectivity index (χ4n) is 7.28. The van der Waals surface area contributed by atoms with E-state index in [0.29, 0.717) is 0 Å². The van der Waals surface area contributed by atoms with Gasteiger partial charge in [-0.2, -0.15) is 18.6 Å². The van der Waals surface area contributed by atoms with E-state index in [1.54, 1.807) is 0 Å². The second-order valence-corrected chi connectivity index (χ2v) is 25.5. The van der Waals surface area contributed by atoms with Crippen LogP contribution in [-0.2, 0) is 20.1 Å². The van der Waals surface area contributed by atoms with Crippen molar-refractivity contribution < 1.29 is 33.7 Å². The van der Waals surface area contributed by atoms with Crippen molar-refractivity contribution in [2.24, 2.45) is 0 Å². The van der Waals surface area contributed by atoms with Gasteiger partial charge in [-0.05, 0) is 41.3 Å². The smallest absolute Gasteiger partial charge is 0 e. The first-order valence-corrected chi connectivity index (χ1v) is 25.3. The summed E-state index contributed by atoms with van der Waals surface area (Å²) in [7, 11) is 8.50. The van der Waals surface area contributed by atoms with Gasteiger partial charge in [0.2, 0.25) is 0 Å². The molecule has 3 heterocycles. The van der Waals surface area contributed by atoms with Crippen molar-refractivity contribution in [2.45, 2.75) is 31.1 Å². The Bertz CT molecular complexity index is 2600. The molecule has 0 aliphatic carbocycles. The molecule has 0 N–H and O–H groups in total. The van der Waals surface area contributed by atoms with Crippen molar-refractivity contribution in [2.75, 3.05) is 0 Å². The Balaban J connectivity index is 0.000000213. The van der Waals surface area contributed by atoms with Crippen molar-refractivity contribution >= 4 is 39.6 Å². The zero-order valence-electron chi connectivity index (χ0n) is 31.7. The summed E-state index contributed by atoms with van der Waals surface area (Å²) in [6.45, 7) is 12.8. The van der Waals surface area contributed by atoms with Gasteiger partial charge < -0.3 is 8.98 Å². The van der Waals surface area contributed by atoms with Crippen LogP contribution in [0.3, 0.4) is 0 Å². The Morgan fingerprint density at radius 2 is 1.13 bits per heavy atom. The summed E-state index contributed by atoms with van der Waals surface area (Å²) in [5.74, 6) is 7.24. The Labute approximate surface area is 337 Å². The molecular formula is C49H46GeIrN2O-2. The van der Waals surface area contributed by atoms with Crippen molar-refractivity contribution in [3.8, 4) is 44.8 Å². The molecule has 0 saturated carbocycles. The van der Waals surface area contributed by atoms with Crippen LogP contribution in [0.15, 0.2) is 144 Å².